The maximum atomic E-state index is 10.6. The number of azo groups is 1. The van der Waals surface area contributed by atoms with Crippen LogP contribution in [0.1, 0.15) is 33.1 Å². The van der Waals surface area contributed by atoms with Crippen molar-refractivity contribution in [3.05, 3.63) is 24.3 Å². The number of nitrogens with one attached hydrogen (secondary N) is 1. The standard InChI is InChI=1S/C18H26N4O2S/c1-4-5-8-11-22-15-10-7-6-9-14(15)16(17(22)23)20-21-18(25)19-13(2)12-24-3/h6-7,9-10,13,23H,4-5,8,11-12H2,1-3H3,(H,19,25)/t13-/m0/s1. The lowest BCUT2D eigenvalue weighted by molar-refractivity contribution is 0.179. The maximum Gasteiger partial charge on any atom is 0.220 e. The van der Waals surface area contributed by atoms with Gasteiger partial charge in [-0.1, -0.05) is 38.0 Å². The number of rotatable bonds is 8. The summed E-state index contributed by atoms with van der Waals surface area (Å²) in [5.41, 5.74) is 1.41. The highest BCUT2D eigenvalue weighted by Gasteiger charge is 2.16. The minimum absolute atomic E-state index is 0.0421. The second-order valence-electron chi connectivity index (χ2n) is 6.05. The summed E-state index contributed by atoms with van der Waals surface area (Å²) < 4.78 is 6.95. The molecule has 0 spiro atoms. The van der Waals surface area contributed by atoms with E-state index in [1.807, 2.05) is 35.8 Å². The summed E-state index contributed by atoms with van der Waals surface area (Å²) in [5.74, 6) is 0.133. The molecule has 0 fully saturated rings. The smallest absolute Gasteiger partial charge is 0.220 e. The Kier molecular flexibility index (Phi) is 7.33. The van der Waals surface area contributed by atoms with Crippen LogP contribution in [0.4, 0.5) is 5.69 Å². The van der Waals surface area contributed by atoms with Crippen molar-refractivity contribution in [1.29, 1.82) is 0 Å². The Morgan fingerprint density at radius 1 is 1.36 bits per heavy atom. The quantitative estimate of drug-likeness (QED) is 0.411. The molecule has 0 radical (unpaired) electrons. The molecular weight excluding hydrogens is 336 g/mol. The number of para-hydroxylation sites is 1. The highest BCUT2D eigenvalue weighted by atomic mass is 32.1. The van der Waals surface area contributed by atoms with Gasteiger partial charge in [0.15, 0.2) is 5.69 Å². The molecule has 0 amide bonds. The number of thiocarbonyl (C=S) groups is 1. The monoisotopic (exact) mass is 362 g/mol. The van der Waals surface area contributed by atoms with Gasteiger partial charge in [0.05, 0.1) is 12.1 Å². The number of fused-ring (bicyclic) bond motifs is 1. The molecule has 1 atom stereocenters. The zero-order valence-electron chi connectivity index (χ0n) is 15.0. The van der Waals surface area contributed by atoms with Gasteiger partial charge < -0.3 is 19.7 Å². The molecule has 6 nitrogen and oxygen atoms in total. The zero-order chi connectivity index (χ0) is 18.2. The molecule has 0 aliphatic carbocycles. The van der Waals surface area contributed by atoms with E-state index in [9.17, 15) is 5.11 Å². The van der Waals surface area contributed by atoms with Gasteiger partial charge in [-0.25, -0.2) is 0 Å². The van der Waals surface area contributed by atoms with Crippen LogP contribution < -0.4 is 5.32 Å². The van der Waals surface area contributed by atoms with Gasteiger partial charge in [0, 0.05) is 25.1 Å². The first kappa shape index (κ1) is 19.3. The van der Waals surface area contributed by atoms with E-state index in [1.54, 1.807) is 7.11 Å². The molecule has 2 aromatic rings. The number of aryl methyl sites for hydroxylation is 1. The van der Waals surface area contributed by atoms with Crippen LogP contribution in [0.2, 0.25) is 0 Å². The second-order valence-corrected chi connectivity index (χ2v) is 6.44. The van der Waals surface area contributed by atoms with E-state index in [4.69, 9.17) is 17.0 Å². The molecule has 2 rings (SSSR count). The van der Waals surface area contributed by atoms with E-state index < -0.39 is 0 Å². The third kappa shape index (κ3) is 4.99. The molecule has 2 N–H and O–H groups in total. The SMILES string of the molecule is CCCCCn1c(O)c(N=NC(=S)N[C@@H](C)COC)c2ccccc21. The van der Waals surface area contributed by atoms with Gasteiger partial charge >= 0.3 is 0 Å². The summed E-state index contributed by atoms with van der Waals surface area (Å²) in [6.07, 6.45) is 3.26. The van der Waals surface area contributed by atoms with Crippen molar-refractivity contribution in [2.75, 3.05) is 13.7 Å². The average molecular weight is 362 g/mol. The van der Waals surface area contributed by atoms with Gasteiger partial charge in [-0.15, -0.1) is 10.2 Å². The molecule has 0 bridgehead atoms. The normalized spacial score (nSPS) is 12.8. The molecule has 7 heteroatoms. The largest absolute Gasteiger partial charge is 0.493 e. The number of unbranched alkanes of at least 4 members (excludes halogenated alkanes) is 2. The van der Waals surface area contributed by atoms with Crippen molar-refractivity contribution >= 4 is 33.9 Å². The Balaban J connectivity index is 2.24. The number of benzene rings is 1. The van der Waals surface area contributed by atoms with E-state index in [-0.39, 0.29) is 17.0 Å². The number of hydrogen-bond acceptors (Lipinski definition) is 4. The second kappa shape index (κ2) is 9.48. The number of nitrogens with zero attached hydrogens (tertiary/aromatic N) is 3. The third-order valence-corrected chi connectivity index (χ3v) is 4.13. The Morgan fingerprint density at radius 2 is 2.12 bits per heavy atom. The molecule has 136 valence electrons. The third-order valence-electron chi connectivity index (χ3n) is 3.93. The molecular formula is C18H26N4O2S. The Morgan fingerprint density at radius 3 is 2.84 bits per heavy atom. The summed E-state index contributed by atoms with van der Waals surface area (Å²) >= 11 is 5.19. The van der Waals surface area contributed by atoms with Crippen LogP contribution in [-0.2, 0) is 11.3 Å². The fourth-order valence-electron chi connectivity index (χ4n) is 2.74. The molecule has 25 heavy (non-hydrogen) atoms. The molecule has 0 aliphatic rings. The Hall–Kier alpha value is -1.99. The summed E-state index contributed by atoms with van der Waals surface area (Å²) in [6.45, 7) is 5.38. The van der Waals surface area contributed by atoms with Gasteiger partial charge in [0.1, 0.15) is 0 Å². The lowest BCUT2D eigenvalue weighted by atomic mass is 10.2. The van der Waals surface area contributed by atoms with E-state index in [0.717, 1.165) is 36.7 Å². The van der Waals surface area contributed by atoms with Crippen LogP contribution in [0.5, 0.6) is 5.88 Å². The predicted molar refractivity (Wildman–Crippen MR) is 105 cm³/mol. The highest BCUT2D eigenvalue weighted by Crippen LogP contribution is 2.39. The lowest BCUT2D eigenvalue weighted by Crippen LogP contribution is -2.33. The first-order valence-corrected chi connectivity index (χ1v) is 9.00. The summed E-state index contributed by atoms with van der Waals surface area (Å²) in [4.78, 5) is 0. The van der Waals surface area contributed by atoms with E-state index >= 15 is 0 Å². The number of aromatic hydroxyl groups is 1. The molecule has 0 aliphatic heterocycles. The van der Waals surface area contributed by atoms with Crippen molar-refractivity contribution in [3.8, 4) is 5.88 Å². The van der Waals surface area contributed by atoms with Gasteiger partial charge in [-0.3, -0.25) is 0 Å². The molecule has 1 heterocycles. The number of ether oxygens (including phenoxy) is 1. The maximum absolute atomic E-state index is 10.6. The van der Waals surface area contributed by atoms with Crippen molar-refractivity contribution < 1.29 is 9.84 Å². The summed E-state index contributed by atoms with van der Waals surface area (Å²) in [7, 11) is 1.63. The van der Waals surface area contributed by atoms with Crippen molar-refractivity contribution in [2.24, 2.45) is 10.2 Å². The Bertz CT molecular complexity index is 742. The number of aromatic nitrogens is 1. The first-order valence-electron chi connectivity index (χ1n) is 8.59. The molecule has 0 saturated heterocycles. The minimum Gasteiger partial charge on any atom is -0.493 e. The van der Waals surface area contributed by atoms with Crippen LogP contribution in [0.15, 0.2) is 34.5 Å². The number of hydrogen-bond donors (Lipinski definition) is 2. The van der Waals surface area contributed by atoms with Crippen LogP contribution in [-0.4, -0.2) is 34.5 Å². The van der Waals surface area contributed by atoms with Crippen LogP contribution >= 0.6 is 12.2 Å². The zero-order valence-corrected chi connectivity index (χ0v) is 15.8. The summed E-state index contributed by atoms with van der Waals surface area (Å²) in [5, 5.41) is 23.0. The van der Waals surface area contributed by atoms with Crippen molar-refractivity contribution in [2.45, 2.75) is 45.7 Å². The molecule has 1 aromatic heterocycles. The van der Waals surface area contributed by atoms with Crippen molar-refractivity contribution in [3.63, 3.8) is 0 Å². The van der Waals surface area contributed by atoms with E-state index in [1.165, 1.54) is 0 Å². The average Bonchev–Trinajstić information content (AvgIpc) is 2.85. The molecule has 0 saturated carbocycles. The van der Waals surface area contributed by atoms with Crippen LogP contribution in [0.25, 0.3) is 10.9 Å². The van der Waals surface area contributed by atoms with Crippen molar-refractivity contribution in [1.82, 2.24) is 9.88 Å². The van der Waals surface area contributed by atoms with Crippen LogP contribution in [0, 0.1) is 0 Å². The Labute approximate surface area is 153 Å². The van der Waals surface area contributed by atoms with E-state index in [0.29, 0.717) is 12.3 Å². The highest BCUT2D eigenvalue weighted by molar-refractivity contribution is 7.80. The van der Waals surface area contributed by atoms with Gasteiger partial charge in [0.25, 0.3) is 0 Å². The number of methoxy groups -OCH3 is 1. The molecule has 1 aromatic carbocycles. The fourth-order valence-corrected chi connectivity index (χ4v) is 2.99. The first-order chi connectivity index (χ1) is 12.1. The van der Waals surface area contributed by atoms with Crippen LogP contribution in [0.3, 0.4) is 0 Å². The van der Waals surface area contributed by atoms with Gasteiger partial charge in [0.2, 0.25) is 11.0 Å². The predicted octanol–water partition coefficient (Wildman–Crippen LogP) is 4.53. The topological polar surface area (TPSA) is 71.1 Å². The summed E-state index contributed by atoms with van der Waals surface area (Å²) in [6, 6.07) is 7.84. The van der Waals surface area contributed by atoms with Gasteiger partial charge in [-0.2, -0.15) is 0 Å². The fraction of sp³-hybridized carbons (Fsp3) is 0.500. The molecule has 0 unspecified atom stereocenters. The lowest BCUT2D eigenvalue weighted by Gasteiger charge is -2.11. The van der Waals surface area contributed by atoms with E-state index in [2.05, 4.69) is 22.5 Å². The minimum atomic E-state index is 0.0421. The van der Waals surface area contributed by atoms with Gasteiger partial charge in [-0.05, 0) is 31.6 Å².